The maximum atomic E-state index is 5.56. The molecule has 0 aliphatic carbocycles. The lowest BCUT2D eigenvalue weighted by molar-refractivity contribution is 0.0622. The molecule has 1 radical (unpaired) electrons. The number of ether oxygens (including phenoxy) is 1. The second kappa shape index (κ2) is 4.07. The lowest BCUT2D eigenvalue weighted by Crippen LogP contribution is -2.45. The van der Waals surface area contributed by atoms with Crippen LogP contribution in [0.5, 0.6) is 0 Å². The molecule has 1 atom stereocenters. The first-order valence-electron chi connectivity index (χ1n) is 4.45. The molecule has 0 aromatic rings. The van der Waals surface area contributed by atoms with Crippen LogP contribution in [0.3, 0.4) is 0 Å². The average Bonchev–Trinajstić information content (AvgIpc) is 2.05. The first kappa shape index (κ1) is 9.01. The maximum Gasteiger partial charge on any atom is 0.110 e. The predicted molar refractivity (Wildman–Crippen MR) is 46.1 cm³/mol. The van der Waals surface area contributed by atoms with Crippen LogP contribution >= 0.6 is 0 Å². The topological polar surface area (TPSA) is 21.3 Å². The molecular weight excluding hydrogens is 138 g/mol. The highest BCUT2D eigenvalue weighted by molar-refractivity contribution is 4.88. The summed E-state index contributed by atoms with van der Waals surface area (Å²) in [5.41, 5.74) is 0. The Morgan fingerprint density at radius 3 is 2.73 bits per heavy atom. The van der Waals surface area contributed by atoms with E-state index < -0.39 is 0 Å². The van der Waals surface area contributed by atoms with Crippen LogP contribution in [0.1, 0.15) is 27.2 Å². The van der Waals surface area contributed by atoms with Gasteiger partial charge < -0.3 is 10.1 Å². The van der Waals surface area contributed by atoms with Crippen LogP contribution in [0, 0.1) is 12.0 Å². The van der Waals surface area contributed by atoms with Crippen LogP contribution in [0.2, 0.25) is 0 Å². The lowest BCUT2D eigenvalue weighted by Gasteiger charge is -2.31. The Bertz CT molecular complexity index is 106. The highest BCUT2D eigenvalue weighted by Gasteiger charge is 2.22. The summed E-state index contributed by atoms with van der Waals surface area (Å²) in [7, 11) is 0. The summed E-state index contributed by atoms with van der Waals surface area (Å²) >= 11 is 0. The summed E-state index contributed by atoms with van der Waals surface area (Å²) in [5.74, 6) is 0.674. The Hall–Kier alpha value is -0.0800. The van der Waals surface area contributed by atoms with Crippen molar-refractivity contribution in [1.82, 2.24) is 5.32 Å². The van der Waals surface area contributed by atoms with Gasteiger partial charge in [-0.3, -0.25) is 0 Å². The molecule has 1 rings (SSSR count). The molecule has 0 aromatic carbocycles. The number of hydrogen-bond acceptors (Lipinski definition) is 2. The molecule has 2 heteroatoms. The maximum absolute atomic E-state index is 5.56. The zero-order valence-electron chi connectivity index (χ0n) is 7.68. The molecule has 1 aliphatic heterocycles. The van der Waals surface area contributed by atoms with Crippen LogP contribution in [0.25, 0.3) is 0 Å². The van der Waals surface area contributed by atoms with Gasteiger partial charge in [-0.15, -0.1) is 0 Å². The number of morpholine rings is 1. The summed E-state index contributed by atoms with van der Waals surface area (Å²) in [6, 6.07) is 0.547. The summed E-state index contributed by atoms with van der Waals surface area (Å²) in [6.07, 6.45) is 2.24. The Morgan fingerprint density at radius 1 is 1.64 bits per heavy atom. The van der Waals surface area contributed by atoms with Gasteiger partial charge >= 0.3 is 0 Å². The molecule has 11 heavy (non-hydrogen) atoms. The van der Waals surface area contributed by atoms with E-state index in [4.69, 9.17) is 4.74 Å². The van der Waals surface area contributed by atoms with E-state index in [2.05, 4.69) is 26.1 Å². The van der Waals surface area contributed by atoms with Crippen molar-refractivity contribution in [1.29, 1.82) is 0 Å². The molecule has 2 nitrogen and oxygen atoms in total. The minimum atomic E-state index is 0.547. The van der Waals surface area contributed by atoms with Crippen LogP contribution < -0.4 is 5.32 Å². The van der Waals surface area contributed by atoms with Crippen molar-refractivity contribution in [3.63, 3.8) is 0 Å². The molecule has 0 bridgehead atoms. The summed E-state index contributed by atoms with van der Waals surface area (Å²) in [4.78, 5) is 0. The summed E-state index contributed by atoms with van der Waals surface area (Å²) in [6.45, 7) is 8.36. The van der Waals surface area contributed by atoms with Crippen LogP contribution in [-0.4, -0.2) is 19.2 Å². The molecule has 1 unspecified atom stereocenters. The van der Waals surface area contributed by atoms with Crippen molar-refractivity contribution in [2.45, 2.75) is 33.2 Å². The lowest BCUT2D eigenvalue weighted by atomic mass is 10.0. The fourth-order valence-electron chi connectivity index (χ4n) is 1.22. The second-order valence-electron chi connectivity index (χ2n) is 3.43. The third-order valence-corrected chi connectivity index (χ3v) is 2.23. The van der Waals surface area contributed by atoms with E-state index in [1.165, 1.54) is 6.10 Å². The fourth-order valence-corrected chi connectivity index (χ4v) is 1.22. The molecule has 0 amide bonds. The molecule has 1 heterocycles. The summed E-state index contributed by atoms with van der Waals surface area (Å²) < 4.78 is 5.56. The van der Waals surface area contributed by atoms with E-state index in [0.717, 1.165) is 19.6 Å². The van der Waals surface area contributed by atoms with E-state index >= 15 is 0 Å². The molecule has 1 N–H and O–H groups in total. The molecule has 0 spiro atoms. The third kappa shape index (κ3) is 2.46. The van der Waals surface area contributed by atoms with Gasteiger partial charge in [-0.2, -0.15) is 0 Å². The smallest absolute Gasteiger partial charge is 0.110 e. The average molecular weight is 156 g/mol. The van der Waals surface area contributed by atoms with E-state index in [9.17, 15) is 0 Å². The van der Waals surface area contributed by atoms with Crippen molar-refractivity contribution >= 4 is 0 Å². The van der Waals surface area contributed by atoms with Crippen LogP contribution in [-0.2, 0) is 4.74 Å². The summed E-state index contributed by atoms with van der Waals surface area (Å²) in [5, 5.41) is 3.46. The zero-order chi connectivity index (χ0) is 8.27. The quantitative estimate of drug-likeness (QED) is 0.655. The minimum absolute atomic E-state index is 0.547. The second-order valence-corrected chi connectivity index (χ2v) is 3.43. The van der Waals surface area contributed by atoms with Gasteiger partial charge in [0.05, 0.1) is 6.61 Å². The molecular formula is C9H18NO. The molecule has 1 saturated heterocycles. The van der Waals surface area contributed by atoms with E-state index in [-0.39, 0.29) is 0 Å². The standard InChI is InChI=1S/C9H18NO/c1-4-8-5-10-9(6-11-8)7(2)3/h7,9-10H,4-6H2,1-3H3. The first-order chi connectivity index (χ1) is 5.24. The van der Waals surface area contributed by atoms with E-state index in [0.29, 0.717) is 12.0 Å². The van der Waals surface area contributed by atoms with Crippen molar-refractivity contribution in [3.05, 3.63) is 6.10 Å². The van der Waals surface area contributed by atoms with Crippen molar-refractivity contribution in [2.75, 3.05) is 13.2 Å². The van der Waals surface area contributed by atoms with Gasteiger partial charge in [-0.25, -0.2) is 0 Å². The Labute approximate surface area is 69.3 Å². The van der Waals surface area contributed by atoms with Crippen molar-refractivity contribution in [3.8, 4) is 0 Å². The Balaban J connectivity index is 2.24. The normalized spacial score (nSPS) is 27.8. The largest absolute Gasteiger partial charge is 0.369 e. The number of rotatable bonds is 2. The SMILES string of the molecule is CC[C]1CNC(C(C)C)CO1. The monoisotopic (exact) mass is 156 g/mol. The van der Waals surface area contributed by atoms with Crippen LogP contribution in [0.15, 0.2) is 0 Å². The van der Waals surface area contributed by atoms with E-state index in [1.54, 1.807) is 0 Å². The van der Waals surface area contributed by atoms with Gasteiger partial charge in [0.2, 0.25) is 0 Å². The molecule has 1 fully saturated rings. The highest BCUT2D eigenvalue weighted by Crippen LogP contribution is 2.15. The molecule has 0 saturated carbocycles. The number of hydrogen-bond donors (Lipinski definition) is 1. The minimum Gasteiger partial charge on any atom is -0.369 e. The Kier molecular flexibility index (Phi) is 3.34. The van der Waals surface area contributed by atoms with Gasteiger partial charge in [0.15, 0.2) is 0 Å². The Morgan fingerprint density at radius 2 is 2.36 bits per heavy atom. The van der Waals surface area contributed by atoms with Gasteiger partial charge in [-0.05, 0) is 12.3 Å². The zero-order valence-corrected chi connectivity index (χ0v) is 7.68. The number of nitrogens with one attached hydrogen (secondary N) is 1. The predicted octanol–water partition coefficient (Wildman–Crippen LogP) is 1.57. The van der Waals surface area contributed by atoms with Crippen molar-refractivity contribution in [2.24, 2.45) is 5.92 Å². The van der Waals surface area contributed by atoms with Gasteiger partial charge in [0.1, 0.15) is 6.10 Å². The fraction of sp³-hybridized carbons (Fsp3) is 0.889. The first-order valence-corrected chi connectivity index (χ1v) is 4.45. The van der Waals surface area contributed by atoms with Gasteiger partial charge in [-0.1, -0.05) is 20.8 Å². The van der Waals surface area contributed by atoms with Crippen molar-refractivity contribution < 1.29 is 4.74 Å². The molecule has 1 aliphatic rings. The van der Waals surface area contributed by atoms with Gasteiger partial charge in [0, 0.05) is 12.6 Å². The van der Waals surface area contributed by atoms with Crippen LogP contribution in [0.4, 0.5) is 0 Å². The van der Waals surface area contributed by atoms with E-state index in [1.807, 2.05) is 0 Å². The molecule has 0 aromatic heterocycles. The van der Waals surface area contributed by atoms with Gasteiger partial charge in [0.25, 0.3) is 0 Å². The third-order valence-electron chi connectivity index (χ3n) is 2.23. The molecule has 65 valence electrons. The highest BCUT2D eigenvalue weighted by atomic mass is 16.5.